The lowest BCUT2D eigenvalue weighted by atomic mass is 9.74. The molecule has 122 valence electrons. The molecule has 2 aromatic rings. The number of benzene rings is 2. The van der Waals surface area contributed by atoms with Crippen molar-refractivity contribution in [2.75, 3.05) is 25.6 Å². The average Bonchev–Trinajstić information content (AvgIpc) is 2.59. The molecule has 6 heteroatoms. The van der Waals surface area contributed by atoms with Crippen LogP contribution in [-0.2, 0) is 0 Å². The minimum absolute atomic E-state index is 0.0496. The zero-order valence-corrected chi connectivity index (χ0v) is 13.5. The Morgan fingerprint density at radius 1 is 1.13 bits per heavy atom. The van der Waals surface area contributed by atoms with Gasteiger partial charge in [0.2, 0.25) is 0 Å². The van der Waals surface area contributed by atoms with Crippen LogP contribution in [0.25, 0.3) is 0 Å². The molecular formula is C17H23BN2O3. The summed E-state index contributed by atoms with van der Waals surface area (Å²) in [6.45, 7) is 0.501. The van der Waals surface area contributed by atoms with Crippen molar-refractivity contribution in [1.29, 1.82) is 0 Å². The van der Waals surface area contributed by atoms with Gasteiger partial charge in [-0.3, -0.25) is 0 Å². The molecule has 23 heavy (non-hydrogen) atoms. The third-order valence-electron chi connectivity index (χ3n) is 4.02. The molecule has 1 unspecified atom stereocenters. The molecule has 0 amide bonds. The summed E-state index contributed by atoms with van der Waals surface area (Å²) in [5, 5.41) is 19.3. The Morgan fingerprint density at radius 2 is 1.78 bits per heavy atom. The Labute approximate surface area is 137 Å². The summed E-state index contributed by atoms with van der Waals surface area (Å²) in [5.41, 5.74) is 8.16. The molecule has 0 heterocycles. The van der Waals surface area contributed by atoms with Crippen molar-refractivity contribution in [3.05, 3.63) is 54.1 Å². The second-order valence-electron chi connectivity index (χ2n) is 5.40. The lowest BCUT2D eigenvalue weighted by Crippen LogP contribution is -2.38. The first-order chi connectivity index (χ1) is 11.1. The predicted octanol–water partition coefficient (Wildman–Crippen LogP) is 0.901. The highest BCUT2D eigenvalue weighted by Crippen LogP contribution is 2.28. The quantitative estimate of drug-likeness (QED) is 0.662. The fourth-order valence-electron chi connectivity index (χ4n) is 2.76. The van der Waals surface area contributed by atoms with E-state index < -0.39 is 7.12 Å². The van der Waals surface area contributed by atoms with Crippen LogP contribution in [0.5, 0.6) is 5.75 Å². The van der Waals surface area contributed by atoms with Crippen LogP contribution in [0, 0.1) is 0 Å². The first-order valence-corrected chi connectivity index (χ1v) is 7.60. The first kappa shape index (κ1) is 17.3. The Balaban J connectivity index is 2.37. The van der Waals surface area contributed by atoms with Crippen LogP contribution < -0.4 is 20.8 Å². The molecule has 0 fully saturated rings. The van der Waals surface area contributed by atoms with Crippen LogP contribution in [0.2, 0.25) is 0 Å². The molecule has 0 aromatic heterocycles. The van der Waals surface area contributed by atoms with E-state index in [4.69, 9.17) is 10.5 Å². The Morgan fingerprint density at radius 3 is 2.35 bits per heavy atom. The van der Waals surface area contributed by atoms with E-state index in [1.807, 2.05) is 43.4 Å². The molecular weight excluding hydrogens is 291 g/mol. The molecule has 1 atom stereocenters. The van der Waals surface area contributed by atoms with Gasteiger partial charge in [0.25, 0.3) is 0 Å². The van der Waals surface area contributed by atoms with Gasteiger partial charge in [0.05, 0.1) is 13.2 Å². The lowest BCUT2D eigenvalue weighted by Gasteiger charge is -2.32. The average molecular weight is 314 g/mol. The zero-order chi connectivity index (χ0) is 16.8. The SMILES string of the molecule is COc1ccc(N(C)C(CCN)c2ccccc2B(O)O)cc1. The standard InChI is InChI=1S/C17H23BN2O3/c1-20(13-7-9-14(23-2)10-8-13)17(11-12-19)15-5-3-4-6-16(15)18(21)22/h3-10,17,21-22H,11-12,19H2,1-2H3. The van der Waals surface area contributed by atoms with Gasteiger partial charge in [0, 0.05) is 12.7 Å². The minimum atomic E-state index is -1.50. The molecule has 0 aliphatic rings. The number of nitrogens with zero attached hydrogens (tertiary/aromatic N) is 1. The van der Waals surface area contributed by atoms with Crippen LogP contribution in [0.3, 0.4) is 0 Å². The number of methoxy groups -OCH3 is 1. The van der Waals surface area contributed by atoms with Gasteiger partial charge in [-0.05, 0) is 48.3 Å². The van der Waals surface area contributed by atoms with Gasteiger partial charge in [0.1, 0.15) is 5.75 Å². The van der Waals surface area contributed by atoms with Crippen LogP contribution in [0.1, 0.15) is 18.0 Å². The van der Waals surface area contributed by atoms with Gasteiger partial charge in [-0.2, -0.15) is 0 Å². The number of hydrogen-bond donors (Lipinski definition) is 3. The van der Waals surface area contributed by atoms with Crippen molar-refractivity contribution in [2.24, 2.45) is 5.73 Å². The highest BCUT2D eigenvalue weighted by Gasteiger charge is 2.24. The topological polar surface area (TPSA) is 79.0 Å². The van der Waals surface area contributed by atoms with Crippen molar-refractivity contribution < 1.29 is 14.8 Å². The van der Waals surface area contributed by atoms with Crippen LogP contribution >= 0.6 is 0 Å². The van der Waals surface area contributed by atoms with E-state index >= 15 is 0 Å². The highest BCUT2D eigenvalue weighted by atomic mass is 16.5. The molecule has 2 rings (SSSR count). The predicted molar refractivity (Wildman–Crippen MR) is 94.1 cm³/mol. The molecule has 4 N–H and O–H groups in total. The van der Waals surface area contributed by atoms with Gasteiger partial charge < -0.3 is 25.4 Å². The Hall–Kier alpha value is -2.02. The second-order valence-corrected chi connectivity index (χ2v) is 5.40. The summed E-state index contributed by atoms with van der Waals surface area (Å²) in [6, 6.07) is 15.0. The van der Waals surface area contributed by atoms with Gasteiger partial charge in [0.15, 0.2) is 0 Å². The fourth-order valence-corrected chi connectivity index (χ4v) is 2.76. The number of ether oxygens (including phenoxy) is 1. The smallest absolute Gasteiger partial charge is 0.488 e. The van der Waals surface area contributed by atoms with Crippen molar-refractivity contribution in [3.63, 3.8) is 0 Å². The van der Waals surface area contributed by atoms with Crippen molar-refractivity contribution in [1.82, 2.24) is 0 Å². The van der Waals surface area contributed by atoms with E-state index in [1.54, 1.807) is 19.2 Å². The van der Waals surface area contributed by atoms with Gasteiger partial charge >= 0.3 is 7.12 Å². The third-order valence-corrected chi connectivity index (χ3v) is 4.02. The normalized spacial score (nSPS) is 11.9. The molecule has 5 nitrogen and oxygen atoms in total. The van der Waals surface area contributed by atoms with E-state index in [0.29, 0.717) is 18.4 Å². The largest absolute Gasteiger partial charge is 0.497 e. The Kier molecular flexibility index (Phi) is 6.04. The van der Waals surface area contributed by atoms with Crippen LogP contribution in [0.15, 0.2) is 48.5 Å². The van der Waals surface area contributed by atoms with Crippen LogP contribution in [0.4, 0.5) is 5.69 Å². The summed E-state index contributed by atoms with van der Waals surface area (Å²) in [7, 11) is 2.10. The first-order valence-electron chi connectivity index (χ1n) is 7.60. The molecule has 0 bridgehead atoms. The van der Waals surface area contributed by atoms with E-state index in [2.05, 4.69) is 4.90 Å². The van der Waals surface area contributed by atoms with Crippen molar-refractivity contribution in [2.45, 2.75) is 12.5 Å². The highest BCUT2D eigenvalue weighted by molar-refractivity contribution is 6.59. The van der Waals surface area contributed by atoms with Crippen LogP contribution in [-0.4, -0.2) is 37.9 Å². The van der Waals surface area contributed by atoms with Gasteiger partial charge in [-0.1, -0.05) is 24.3 Å². The fraction of sp³-hybridized carbons (Fsp3) is 0.294. The van der Waals surface area contributed by atoms with Gasteiger partial charge in [-0.25, -0.2) is 0 Å². The maximum absolute atomic E-state index is 9.63. The maximum atomic E-state index is 9.63. The number of hydrogen-bond acceptors (Lipinski definition) is 5. The van der Waals surface area contributed by atoms with Crippen molar-refractivity contribution >= 4 is 18.3 Å². The molecule has 2 aromatic carbocycles. The third kappa shape index (κ3) is 4.04. The van der Waals surface area contributed by atoms with E-state index in [0.717, 1.165) is 17.0 Å². The molecule has 0 saturated carbocycles. The molecule has 0 aliphatic carbocycles. The molecule has 0 spiro atoms. The Bertz CT molecular complexity index is 619. The number of rotatable bonds is 7. The number of nitrogens with two attached hydrogens (primary N) is 1. The summed E-state index contributed by atoms with van der Waals surface area (Å²) in [4.78, 5) is 2.09. The summed E-state index contributed by atoms with van der Waals surface area (Å²) < 4.78 is 5.19. The summed E-state index contributed by atoms with van der Waals surface area (Å²) in [5.74, 6) is 0.795. The van der Waals surface area contributed by atoms with E-state index in [-0.39, 0.29) is 6.04 Å². The van der Waals surface area contributed by atoms with Crippen molar-refractivity contribution in [3.8, 4) is 5.75 Å². The monoisotopic (exact) mass is 314 g/mol. The van der Waals surface area contributed by atoms with E-state index in [9.17, 15) is 10.0 Å². The number of anilines is 1. The summed E-state index contributed by atoms with van der Waals surface area (Å²) in [6.07, 6.45) is 0.701. The zero-order valence-electron chi connectivity index (χ0n) is 13.5. The maximum Gasteiger partial charge on any atom is 0.488 e. The lowest BCUT2D eigenvalue weighted by molar-refractivity contribution is 0.415. The molecule has 0 radical (unpaired) electrons. The molecule has 0 aliphatic heterocycles. The molecule has 0 saturated heterocycles. The summed E-state index contributed by atoms with van der Waals surface area (Å²) >= 11 is 0. The van der Waals surface area contributed by atoms with Gasteiger partial charge in [-0.15, -0.1) is 0 Å². The minimum Gasteiger partial charge on any atom is -0.497 e. The second kappa shape index (κ2) is 8.01. The van der Waals surface area contributed by atoms with E-state index in [1.165, 1.54) is 0 Å².